The van der Waals surface area contributed by atoms with E-state index in [0.717, 1.165) is 7.11 Å². The van der Waals surface area contributed by atoms with Crippen LogP contribution in [0.25, 0.3) is 0 Å². The third-order valence-corrected chi connectivity index (χ3v) is 2.93. The molecule has 118 valence electrons. The summed E-state index contributed by atoms with van der Waals surface area (Å²) in [5.74, 6) is -2.31. The van der Waals surface area contributed by atoms with Gasteiger partial charge in [-0.25, -0.2) is 4.98 Å². The number of hydrogen-bond acceptors (Lipinski definition) is 4. The fraction of sp³-hybridized carbons (Fsp3) is 0.400. The maximum absolute atomic E-state index is 12.8. The first kappa shape index (κ1) is 17.8. The van der Waals surface area contributed by atoms with E-state index in [-0.39, 0.29) is 0 Å². The SMILES string of the molecule is COC(=O)Cc1c(C(F)(F)F)cnc(I)c1OC(F)(F)F. The molecular weight excluding hydrogens is 423 g/mol. The minimum absolute atomic E-state index is 0.337. The molecule has 21 heavy (non-hydrogen) atoms. The third-order valence-electron chi connectivity index (χ3n) is 2.17. The molecule has 4 nitrogen and oxygen atoms in total. The zero-order valence-electron chi connectivity index (χ0n) is 10.1. The highest BCUT2D eigenvalue weighted by Gasteiger charge is 2.40. The van der Waals surface area contributed by atoms with E-state index in [2.05, 4.69) is 14.5 Å². The van der Waals surface area contributed by atoms with Crippen molar-refractivity contribution in [2.24, 2.45) is 0 Å². The lowest BCUT2D eigenvalue weighted by molar-refractivity contribution is -0.275. The Labute approximate surface area is 127 Å². The molecule has 1 heterocycles. The number of carbonyl (C=O) groups excluding carboxylic acids is 1. The van der Waals surface area contributed by atoms with Crippen molar-refractivity contribution in [3.8, 4) is 5.75 Å². The van der Waals surface area contributed by atoms with Gasteiger partial charge in [0.25, 0.3) is 0 Å². The highest BCUT2D eigenvalue weighted by atomic mass is 127. The number of aromatic nitrogens is 1. The second-order valence-corrected chi connectivity index (χ2v) is 4.59. The first-order valence-electron chi connectivity index (χ1n) is 5.03. The molecule has 0 fully saturated rings. The summed E-state index contributed by atoms with van der Waals surface area (Å²) in [4.78, 5) is 14.4. The maximum Gasteiger partial charge on any atom is 0.573 e. The Morgan fingerprint density at radius 1 is 1.29 bits per heavy atom. The van der Waals surface area contributed by atoms with Crippen LogP contribution in [0.15, 0.2) is 6.20 Å². The first-order valence-corrected chi connectivity index (χ1v) is 6.10. The van der Waals surface area contributed by atoms with Crippen LogP contribution in [0.1, 0.15) is 11.1 Å². The number of esters is 1. The van der Waals surface area contributed by atoms with Gasteiger partial charge >= 0.3 is 18.5 Å². The molecule has 0 unspecified atom stereocenters. The van der Waals surface area contributed by atoms with E-state index in [1.165, 1.54) is 22.6 Å². The van der Waals surface area contributed by atoms with Crippen LogP contribution in [0.3, 0.4) is 0 Å². The van der Waals surface area contributed by atoms with E-state index in [0.29, 0.717) is 6.20 Å². The van der Waals surface area contributed by atoms with Gasteiger partial charge in [-0.2, -0.15) is 13.2 Å². The molecule has 1 rings (SSSR count). The minimum Gasteiger partial charge on any atom is -0.469 e. The maximum atomic E-state index is 12.8. The average Bonchev–Trinajstić information content (AvgIpc) is 2.30. The van der Waals surface area contributed by atoms with Crippen molar-refractivity contribution in [3.05, 3.63) is 21.0 Å². The van der Waals surface area contributed by atoms with Gasteiger partial charge in [-0.15, -0.1) is 13.2 Å². The molecular formula is C10H6F6INO3. The molecule has 0 N–H and O–H groups in total. The van der Waals surface area contributed by atoms with Gasteiger partial charge in [0.15, 0.2) is 5.75 Å². The van der Waals surface area contributed by atoms with Crippen molar-refractivity contribution in [2.75, 3.05) is 7.11 Å². The lowest BCUT2D eigenvalue weighted by Gasteiger charge is -2.18. The highest BCUT2D eigenvalue weighted by molar-refractivity contribution is 14.1. The second kappa shape index (κ2) is 6.23. The standard InChI is InChI=1S/C10H6F6INO3/c1-20-6(19)2-4-5(9(11,12)13)3-18-8(17)7(4)21-10(14,15)16/h3H,2H2,1H3. The molecule has 0 saturated heterocycles. The molecule has 0 aromatic carbocycles. The average molecular weight is 429 g/mol. The number of alkyl halides is 6. The largest absolute Gasteiger partial charge is 0.573 e. The normalized spacial score (nSPS) is 12.2. The van der Waals surface area contributed by atoms with Crippen molar-refractivity contribution in [3.63, 3.8) is 0 Å². The number of rotatable bonds is 3. The van der Waals surface area contributed by atoms with Gasteiger partial charge in [-0.1, -0.05) is 0 Å². The van der Waals surface area contributed by atoms with Crippen LogP contribution in [0.4, 0.5) is 26.3 Å². The summed E-state index contributed by atoms with van der Waals surface area (Å²) >= 11 is 1.27. The lowest BCUT2D eigenvalue weighted by atomic mass is 10.1. The Bertz CT molecular complexity index is 543. The van der Waals surface area contributed by atoms with Crippen molar-refractivity contribution in [1.29, 1.82) is 0 Å². The molecule has 0 atom stereocenters. The van der Waals surface area contributed by atoms with Crippen LogP contribution in [0.5, 0.6) is 5.75 Å². The van der Waals surface area contributed by atoms with Crippen LogP contribution in [0.2, 0.25) is 0 Å². The topological polar surface area (TPSA) is 48.4 Å². The van der Waals surface area contributed by atoms with E-state index in [4.69, 9.17) is 0 Å². The summed E-state index contributed by atoms with van der Waals surface area (Å²) in [7, 11) is 0.895. The highest BCUT2D eigenvalue weighted by Crippen LogP contribution is 2.39. The summed E-state index contributed by atoms with van der Waals surface area (Å²) in [5, 5.41) is 0. The summed E-state index contributed by atoms with van der Waals surface area (Å²) in [6.07, 6.45) is -10.9. The van der Waals surface area contributed by atoms with Crippen molar-refractivity contribution < 1.29 is 40.6 Å². The molecule has 0 saturated carbocycles. The Morgan fingerprint density at radius 2 is 1.86 bits per heavy atom. The first-order chi connectivity index (χ1) is 9.45. The van der Waals surface area contributed by atoms with Crippen LogP contribution < -0.4 is 4.74 Å². The van der Waals surface area contributed by atoms with E-state index in [9.17, 15) is 31.1 Å². The Hall–Kier alpha value is -1.27. The molecule has 11 heteroatoms. The fourth-order valence-electron chi connectivity index (χ4n) is 1.36. The monoisotopic (exact) mass is 429 g/mol. The van der Waals surface area contributed by atoms with Crippen LogP contribution in [-0.4, -0.2) is 24.4 Å². The molecule has 1 aromatic rings. The van der Waals surface area contributed by atoms with Crippen LogP contribution in [0, 0.1) is 3.70 Å². The zero-order valence-corrected chi connectivity index (χ0v) is 12.3. The molecule has 0 aliphatic heterocycles. The molecule has 0 amide bonds. The van der Waals surface area contributed by atoms with E-state index < -0.39 is 45.5 Å². The molecule has 0 aliphatic rings. The number of halogens is 7. The van der Waals surface area contributed by atoms with Gasteiger partial charge in [0, 0.05) is 11.8 Å². The van der Waals surface area contributed by atoms with Gasteiger partial charge < -0.3 is 9.47 Å². The van der Waals surface area contributed by atoms with E-state index in [1.807, 2.05) is 0 Å². The van der Waals surface area contributed by atoms with Crippen LogP contribution >= 0.6 is 22.6 Å². The van der Waals surface area contributed by atoms with Crippen molar-refractivity contribution >= 4 is 28.6 Å². The van der Waals surface area contributed by atoms with Crippen molar-refractivity contribution in [1.82, 2.24) is 4.98 Å². The number of ether oxygens (including phenoxy) is 2. The van der Waals surface area contributed by atoms with Gasteiger partial charge in [0.1, 0.15) is 3.70 Å². The fourth-order valence-corrected chi connectivity index (χ4v) is 1.94. The van der Waals surface area contributed by atoms with E-state index >= 15 is 0 Å². The Kier molecular flexibility index (Phi) is 5.28. The molecule has 0 spiro atoms. The summed E-state index contributed by atoms with van der Waals surface area (Å²) < 4.78 is 82.6. The van der Waals surface area contributed by atoms with Gasteiger partial charge in [0.05, 0.1) is 19.1 Å². The Morgan fingerprint density at radius 3 is 2.29 bits per heavy atom. The Balaban J connectivity index is 3.48. The quantitative estimate of drug-likeness (QED) is 0.320. The molecule has 0 bridgehead atoms. The number of carbonyl (C=O) groups is 1. The molecule has 0 aliphatic carbocycles. The van der Waals surface area contributed by atoms with Gasteiger partial charge in [-0.3, -0.25) is 4.79 Å². The molecule has 0 radical (unpaired) electrons. The smallest absolute Gasteiger partial charge is 0.469 e. The van der Waals surface area contributed by atoms with Gasteiger partial charge in [-0.05, 0) is 22.6 Å². The summed E-state index contributed by atoms with van der Waals surface area (Å²) in [6, 6.07) is 0. The van der Waals surface area contributed by atoms with Crippen LogP contribution in [-0.2, 0) is 22.1 Å². The van der Waals surface area contributed by atoms with E-state index in [1.54, 1.807) is 0 Å². The number of hydrogen-bond donors (Lipinski definition) is 0. The number of pyridine rings is 1. The predicted octanol–water partition coefficient (Wildman–Crippen LogP) is 3.32. The number of methoxy groups -OCH3 is 1. The predicted molar refractivity (Wildman–Crippen MR) is 64.4 cm³/mol. The summed E-state index contributed by atoms with van der Waals surface area (Å²) in [5.41, 5.74) is -2.47. The van der Waals surface area contributed by atoms with Gasteiger partial charge in [0.2, 0.25) is 0 Å². The third kappa shape index (κ3) is 4.89. The lowest BCUT2D eigenvalue weighted by Crippen LogP contribution is -2.22. The molecule has 1 aromatic heterocycles. The number of nitrogens with zero attached hydrogens (tertiary/aromatic N) is 1. The second-order valence-electron chi connectivity index (χ2n) is 3.57. The summed E-state index contributed by atoms with van der Waals surface area (Å²) in [6.45, 7) is 0. The minimum atomic E-state index is -5.23. The van der Waals surface area contributed by atoms with Crippen molar-refractivity contribution in [2.45, 2.75) is 19.0 Å². The zero-order chi connectivity index (χ0) is 16.4.